The molecule has 1 heterocycles. The van der Waals surface area contributed by atoms with Gasteiger partial charge in [-0.25, -0.2) is 0 Å². The molecule has 3 rings (SSSR count). The summed E-state index contributed by atoms with van der Waals surface area (Å²) in [4.78, 5) is 26.9. The highest BCUT2D eigenvalue weighted by Gasteiger charge is 2.37. The molecule has 0 fully saturated rings. The molecule has 6 nitrogen and oxygen atoms in total. The number of nitriles is 1. The Morgan fingerprint density at radius 3 is 2.68 bits per heavy atom. The van der Waals surface area contributed by atoms with E-state index in [-0.39, 0.29) is 18.4 Å². The SMILES string of the molecule is C=CCN1C(=O)C(C)(C)COc2cc(NC(=O)c3ccc(C#N)cc3)ccc21. The summed E-state index contributed by atoms with van der Waals surface area (Å²) in [7, 11) is 0. The van der Waals surface area contributed by atoms with Crippen LogP contribution < -0.4 is 15.0 Å². The summed E-state index contributed by atoms with van der Waals surface area (Å²) >= 11 is 0. The van der Waals surface area contributed by atoms with Crippen molar-refractivity contribution in [2.45, 2.75) is 13.8 Å². The Morgan fingerprint density at radius 2 is 2.04 bits per heavy atom. The van der Waals surface area contributed by atoms with Gasteiger partial charge in [0.05, 0.1) is 22.7 Å². The number of ether oxygens (including phenoxy) is 1. The minimum absolute atomic E-state index is 0.0412. The maximum atomic E-state index is 12.8. The molecule has 28 heavy (non-hydrogen) atoms. The second-order valence-corrected chi connectivity index (χ2v) is 7.20. The van der Waals surface area contributed by atoms with Gasteiger partial charge in [0.25, 0.3) is 5.91 Å². The molecule has 1 N–H and O–H groups in total. The summed E-state index contributed by atoms with van der Waals surface area (Å²) in [6.07, 6.45) is 1.67. The van der Waals surface area contributed by atoms with Crippen LogP contribution in [0.15, 0.2) is 55.1 Å². The number of rotatable bonds is 4. The zero-order valence-electron chi connectivity index (χ0n) is 15.9. The monoisotopic (exact) mass is 375 g/mol. The fourth-order valence-electron chi connectivity index (χ4n) is 2.93. The van der Waals surface area contributed by atoms with Gasteiger partial charge in [-0.15, -0.1) is 6.58 Å². The number of carbonyl (C=O) groups excluding carboxylic acids is 2. The van der Waals surface area contributed by atoms with Gasteiger partial charge in [-0.2, -0.15) is 5.26 Å². The Balaban J connectivity index is 1.87. The molecular formula is C22H21N3O3. The van der Waals surface area contributed by atoms with E-state index in [1.54, 1.807) is 53.4 Å². The van der Waals surface area contributed by atoms with E-state index in [4.69, 9.17) is 10.00 Å². The van der Waals surface area contributed by atoms with E-state index in [1.165, 1.54) is 0 Å². The Morgan fingerprint density at radius 1 is 1.32 bits per heavy atom. The fraction of sp³-hybridized carbons (Fsp3) is 0.227. The van der Waals surface area contributed by atoms with Crippen LogP contribution in [0.4, 0.5) is 11.4 Å². The van der Waals surface area contributed by atoms with Crippen LogP contribution in [0.1, 0.15) is 29.8 Å². The first-order valence-electron chi connectivity index (χ1n) is 8.87. The lowest BCUT2D eigenvalue weighted by molar-refractivity contribution is -0.127. The Hall–Kier alpha value is -3.59. The largest absolute Gasteiger partial charge is 0.490 e. The molecule has 2 aromatic rings. The molecule has 0 saturated heterocycles. The van der Waals surface area contributed by atoms with E-state index in [1.807, 2.05) is 19.9 Å². The molecule has 0 unspecified atom stereocenters. The second-order valence-electron chi connectivity index (χ2n) is 7.20. The van der Waals surface area contributed by atoms with Crippen LogP contribution in [0, 0.1) is 16.7 Å². The van der Waals surface area contributed by atoms with E-state index in [0.717, 1.165) is 0 Å². The Kier molecular flexibility index (Phi) is 5.18. The number of amides is 2. The molecule has 6 heteroatoms. The van der Waals surface area contributed by atoms with E-state index in [0.29, 0.717) is 34.8 Å². The molecular weight excluding hydrogens is 354 g/mol. The van der Waals surface area contributed by atoms with Crippen molar-refractivity contribution in [3.05, 3.63) is 66.2 Å². The highest BCUT2D eigenvalue weighted by atomic mass is 16.5. The molecule has 2 aromatic carbocycles. The number of fused-ring (bicyclic) bond motifs is 1. The number of benzene rings is 2. The van der Waals surface area contributed by atoms with Crippen LogP contribution in [0.2, 0.25) is 0 Å². The molecule has 2 amide bonds. The van der Waals surface area contributed by atoms with Gasteiger partial charge in [-0.1, -0.05) is 6.08 Å². The van der Waals surface area contributed by atoms with Crippen molar-refractivity contribution in [3.63, 3.8) is 0 Å². The summed E-state index contributed by atoms with van der Waals surface area (Å²) in [5, 5.41) is 11.7. The predicted octanol–water partition coefficient (Wildman–Crippen LogP) is 3.75. The lowest BCUT2D eigenvalue weighted by Gasteiger charge is -2.27. The van der Waals surface area contributed by atoms with Crippen molar-refractivity contribution in [1.82, 2.24) is 0 Å². The second kappa shape index (κ2) is 7.57. The van der Waals surface area contributed by atoms with Crippen LogP contribution in [-0.2, 0) is 4.79 Å². The highest BCUT2D eigenvalue weighted by molar-refractivity contribution is 6.05. The predicted molar refractivity (Wildman–Crippen MR) is 107 cm³/mol. The normalized spacial score (nSPS) is 14.9. The first kappa shape index (κ1) is 19.2. The maximum Gasteiger partial charge on any atom is 0.255 e. The molecule has 0 bridgehead atoms. The zero-order valence-corrected chi connectivity index (χ0v) is 15.9. The first-order valence-corrected chi connectivity index (χ1v) is 8.87. The summed E-state index contributed by atoms with van der Waals surface area (Å²) in [6.45, 7) is 8.01. The van der Waals surface area contributed by atoms with Gasteiger partial charge < -0.3 is 15.0 Å². The maximum absolute atomic E-state index is 12.8. The third kappa shape index (κ3) is 3.74. The summed E-state index contributed by atoms with van der Waals surface area (Å²) in [5.41, 5.74) is 1.46. The molecule has 1 aliphatic heterocycles. The number of nitrogens with one attached hydrogen (secondary N) is 1. The van der Waals surface area contributed by atoms with Crippen molar-refractivity contribution in [1.29, 1.82) is 5.26 Å². The number of hydrogen-bond donors (Lipinski definition) is 1. The van der Waals surface area contributed by atoms with Crippen molar-refractivity contribution in [3.8, 4) is 11.8 Å². The summed E-state index contributed by atoms with van der Waals surface area (Å²) < 4.78 is 5.88. The average Bonchev–Trinajstić information content (AvgIpc) is 2.78. The quantitative estimate of drug-likeness (QED) is 0.825. The molecule has 1 aliphatic rings. The van der Waals surface area contributed by atoms with Gasteiger partial charge >= 0.3 is 0 Å². The lowest BCUT2D eigenvalue weighted by atomic mass is 9.93. The topological polar surface area (TPSA) is 82.4 Å². The first-order chi connectivity index (χ1) is 13.4. The molecule has 0 spiro atoms. The minimum atomic E-state index is -0.673. The minimum Gasteiger partial charge on any atom is -0.490 e. The molecule has 0 atom stereocenters. The van der Waals surface area contributed by atoms with Gasteiger partial charge in [0, 0.05) is 23.9 Å². The lowest BCUT2D eigenvalue weighted by Crippen LogP contribution is -2.42. The summed E-state index contributed by atoms with van der Waals surface area (Å²) in [6, 6.07) is 13.6. The highest BCUT2D eigenvalue weighted by Crippen LogP contribution is 2.38. The van der Waals surface area contributed by atoms with Crippen LogP contribution in [0.5, 0.6) is 5.75 Å². The van der Waals surface area contributed by atoms with Gasteiger partial charge in [0.2, 0.25) is 5.91 Å². The Bertz CT molecular complexity index is 972. The average molecular weight is 375 g/mol. The molecule has 142 valence electrons. The van der Waals surface area contributed by atoms with E-state index in [2.05, 4.69) is 11.9 Å². The van der Waals surface area contributed by atoms with Crippen molar-refractivity contribution in [2.75, 3.05) is 23.4 Å². The summed E-state index contributed by atoms with van der Waals surface area (Å²) in [5.74, 6) is 0.191. The number of hydrogen-bond acceptors (Lipinski definition) is 4. The van der Waals surface area contributed by atoms with Crippen LogP contribution >= 0.6 is 0 Å². The van der Waals surface area contributed by atoms with Crippen LogP contribution in [0.3, 0.4) is 0 Å². The van der Waals surface area contributed by atoms with Gasteiger partial charge in [-0.05, 0) is 50.2 Å². The van der Waals surface area contributed by atoms with Gasteiger partial charge in [0.15, 0.2) is 0 Å². The molecule has 0 saturated carbocycles. The van der Waals surface area contributed by atoms with Crippen molar-refractivity contribution < 1.29 is 14.3 Å². The third-order valence-corrected chi connectivity index (χ3v) is 4.51. The van der Waals surface area contributed by atoms with Gasteiger partial charge in [-0.3, -0.25) is 9.59 Å². The van der Waals surface area contributed by atoms with E-state index >= 15 is 0 Å². The van der Waals surface area contributed by atoms with E-state index in [9.17, 15) is 9.59 Å². The van der Waals surface area contributed by atoms with E-state index < -0.39 is 5.41 Å². The molecule has 0 radical (unpaired) electrons. The molecule has 0 aliphatic carbocycles. The smallest absolute Gasteiger partial charge is 0.255 e. The van der Waals surface area contributed by atoms with Gasteiger partial charge in [0.1, 0.15) is 12.4 Å². The zero-order chi connectivity index (χ0) is 20.3. The third-order valence-electron chi connectivity index (χ3n) is 4.51. The number of nitrogens with zero attached hydrogens (tertiary/aromatic N) is 2. The van der Waals surface area contributed by atoms with Crippen molar-refractivity contribution >= 4 is 23.2 Å². The molecule has 0 aromatic heterocycles. The van der Waals surface area contributed by atoms with Crippen LogP contribution in [-0.4, -0.2) is 25.0 Å². The fourth-order valence-corrected chi connectivity index (χ4v) is 2.93. The number of carbonyl (C=O) groups is 2. The van der Waals surface area contributed by atoms with Crippen LogP contribution in [0.25, 0.3) is 0 Å². The number of anilines is 2. The van der Waals surface area contributed by atoms with Crippen molar-refractivity contribution in [2.24, 2.45) is 5.41 Å². The standard InChI is InChI=1S/C22H21N3O3/c1-4-11-25-18-10-9-17(12-19(18)28-14-22(2,3)21(25)27)24-20(26)16-7-5-15(13-23)6-8-16/h4-10,12H,1,11,14H2,2-3H3,(H,24,26). The Labute approximate surface area is 164 Å².